The fourth-order valence-corrected chi connectivity index (χ4v) is 2.43. The van der Waals surface area contributed by atoms with Gasteiger partial charge in [0.1, 0.15) is 5.82 Å². The zero-order chi connectivity index (χ0) is 14.6. The Morgan fingerprint density at radius 3 is 2.05 bits per heavy atom. The molecule has 0 saturated carbocycles. The number of rotatable bonds is 5. The van der Waals surface area contributed by atoms with Crippen LogP contribution in [0.25, 0.3) is 0 Å². The Balaban J connectivity index is 2.91. The minimum absolute atomic E-state index is 0.236. The highest BCUT2D eigenvalue weighted by molar-refractivity contribution is 5.25. The first-order valence-corrected chi connectivity index (χ1v) is 7.20. The normalized spacial score (nSPS) is 13.6. The molecule has 0 aliphatic carbocycles. The minimum Gasteiger partial charge on any atom is -0.319 e. The molecule has 3 nitrogen and oxygen atoms in total. The van der Waals surface area contributed by atoms with Gasteiger partial charge in [0.2, 0.25) is 0 Å². The van der Waals surface area contributed by atoms with Gasteiger partial charge in [0.15, 0.2) is 0 Å². The average molecular weight is 263 g/mol. The van der Waals surface area contributed by atoms with Crippen molar-refractivity contribution in [3.63, 3.8) is 0 Å². The van der Waals surface area contributed by atoms with Crippen LogP contribution in [0.2, 0.25) is 0 Å². The van der Waals surface area contributed by atoms with E-state index >= 15 is 0 Å². The van der Waals surface area contributed by atoms with E-state index in [1.54, 1.807) is 0 Å². The van der Waals surface area contributed by atoms with Crippen molar-refractivity contribution in [1.82, 2.24) is 15.3 Å². The summed E-state index contributed by atoms with van der Waals surface area (Å²) in [6.07, 6.45) is 1.98. The molecule has 3 heteroatoms. The second-order valence-corrected chi connectivity index (χ2v) is 6.89. The molecule has 1 aromatic heterocycles. The summed E-state index contributed by atoms with van der Waals surface area (Å²) in [7, 11) is 2.00. The lowest BCUT2D eigenvalue weighted by atomic mass is 9.91. The van der Waals surface area contributed by atoms with Gasteiger partial charge in [-0.1, -0.05) is 27.7 Å². The summed E-state index contributed by atoms with van der Waals surface area (Å²) in [5, 5.41) is 3.23. The highest BCUT2D eigenvalue weighted by atomic mass is 14.9. The highest BCUT2D eigenvalue weighted by Gasteiger charge is 2.16. The SMILES string of the molecule is CNCC(C)Cc1c(C)nc(CC(C)(C)C)nc1C. The Kier molecular flexibility index (Phi) is 5.48. The molecule has 108 valence electrons. The first-order valence-electron chi connectivity index (χ1n) is 7.20. The maximum absolute atomic E-state index is 4.70. The van der Waals surface area contributed by atoms with Gasteiger partial charge in [-0.05, 0) is 50.8 Å². The molecular formula is C16H29N3. The van der Waals surface area contributed by atoms with E-state index < -0.39 is 0 Å². The van der Waals surface area contributed by atoms with Crippen LogP contribution in [-0.2, 0) is 12.8 Å². The molecule has 0 aliphatic heterocycles. The fourth-order valence-electron chi connectivity index (χ4n) is 2.43. The van der Waals surface area contributed by atoms with Crippen LogP contribution in [0.15, 0.2) is 0 Å². The van der Waals surface area contributed by atoms with Crippen LogP contribution in [0.4, 0.5) is 0 Å². The Bertz CT molecular complexity index is 395. The third kappa shape index (κ3) is 5.27. The lowest BCUT2D eigenvalue weighted by Crippen LogP contribution is -2.20. The number of aryl methyl sites for hydroxylation is 2. The molecule has 1 unspecified atom stereocenters. The molecule has 1 heterocycles. The Labute approximate surface area is 118 Å². The van der Waals surface area contributed by atoms with Crippen molar-refractivity contribution in [2.75, 3.05) is 13.6 Å². The van der Waals surface area contributed by atoms with Gasteiger partial charge in [-0.3, -0.25) is 0 Å². The number of hydrogen-bond donors (Lipinski definition) is 1. The lowest BCUT2D eigenvalue weighted by molar-refractivity contribution is 0.399. The summed E-state index contributed by atoms with van der Waals surface area (Å²) in [5.41, 5.74) is 3.85. The van der Waals surface area contributed by atoms with Crippen molar-refractivity contribution in [3.05, 3.63) is 22.8 Å². The summed E-state index contributed by atoms with van der Waals surface area (Å²) in [5.74, 6) is 1.59. The van der Waals surface area contributed by atoms with Crippen molar-refractivity contribution in [1.29, 1.82) is 0 Å². The average Bonchev–Trinajstić information content (AvgIpc) is 2.21. The van der Waals surface area contributed by atoms with Crippen LogP contribution in [0.5, 0.6) is 0 Å². The van der Waals surface area contributed by atoms with Gasteiger partial charge < -0.3 is 5.32 Å². The maximum Gasteiger partial charge on any atom is 0.129 e. The molecule has 1 rings (SSSR count). The molecule has 0 spiro atoms. The molecule has 0 fully saturated rings. The number of nitrogens with one attached hydrogen (secondary N) is 1. The van der Waals surface area contributed by atoms with Crippen molar-refractivity contribution in [3.8, 4) is 0 Å². The molecule has 19 heavy (non-hydrogen) atoms. The van der Waals surface area contributed by atoms with Crippen LogP contribution in [0.1, 0.15) is 50.5 Å². The van der Waals surface area contributed by atoms with Crippen LogP contribution in [0, 0.1) is 25.2 Å². The second kappa shape index (κ2) is 6.47. The maximum atomic E-state index is 4.70. The summed E-state index contributed by atoms with van der Waals surface area (Å²) >= 11 is 0. The first-order chi connectivity index (χ1) is 8.73. The third-order valence-electron chi connectivity index (χ3n) is 3.26. The molecule has 0 radical (unpaired) electrons. The monoisotopic (exact) mass is 263 g/mol. The number of aromatic nitrogens is 2. The topological polar surface area (TPSA) is 37.8 Å². The van der Waals surface area contributed by atoms with Gasteiger partial charge in [-0.25, -0.2) is 9.97 Å². The Morgan fingerprint density at radius 1 is 1.11 bits per heavy atom. The first kappa shape index (κ1) is 16.1. The molecule has 0 amide bonds. The van der Waals surface area contributed by atoms with Gasteiger partial charge in [0, 0.05) is 17.8 Å². The molecule has 0 bridgehead atoms. The van der Waals surface area contributed by atoms with Crippen molar-refractivity contribution in [2.24, 2.45) is 11.3 Å². The zero-order valence-electron chi connectivity index (χ0n) is 13.6. The molecule has 1 atom stereocenters. The predicted molar refractivity (Wildman–Crippen MR) is 81.5 cm³/mol. The van der Waals surface area contributed by atoms with Gasteiger partial charge in [-0.15, -0.1) is 0 Å². The van der Waals surface area contributed by atoms with Crippen LogP contribution < -0.4 is 5.32 Å². The molecular weight excluding hydrogens is 234 g/mol. The number of hydrogen-bond acceptors (Lipinski definition) is 3. The van der Waals surface area contributed by atoms with Crippen molar-refractivity contribution >= 4 is 0 Å². The van der Waals surface area contributed by atoms with E-state index in [2.05, 4.69) is 46.9 Å². The molecule has 1 N–H and O–H groups in total. The Hall–Kier alpha value is -0.960. The second-order valence-electron chi connectivity index (χ2n) is 6.89. The molecule has 0 aliphatic rings. The van der Waals surface area contributed by atoms with E-state index in [1.165, 1.54) is 5.56 Å². The summed E-state index contributed by atoms with van der Waals surface area (Å²) in [6, 6.07) is 0. The standard InChI is InChI=1S/C16H29N3/c1-11(10-17-7)8-14-12(2)18-15(19-13(14)3)9-16(4,5)6/h11,17H,8-10H2,1-7H3. The largest absolute Gasteiger partial charge is 0.319 e. The fraction of sp³-hybridized carbons (Fsp3) is 0.750. The van der Waals surface area contributed by atoms with E-state index in [0.29, 0.717) is 5.92 Å². The lowest BCUT2D eigenvalue weighted by Gasteiger charge is -2.19. The van der Waals surface area contributed by atoms with Crippen LogP contribution in [-0.4, -0.2) is 23.6 Å². The number of nitrogens with zero attached hydrogens (tertiary/aromatic N) is 2. The van der Waals surface area contributed by atoms with Crippen molar-refractivity contribution in [2.45, 2.75) is 54.4 Å². The van der Waals surface area contributed by atoms with Crippen LogP contribution >= 0.6 is 0 Å². The Morgan fingerprint density at radius 2 is 1.63 bits per heavy atom. The van der Waals surface area contributed by atoms with E-state index in [-0.39, 0.29) is 5.41 Å². The third-order valence-corrected chi connectivity index (χ3v) is 3.26. The van der Waals surface area contributed by atoms with E-state index in [0.717, 1.165) is 36.6 Å². The summed E-state index contributed by atoms with van der Waals surface area (Å²) in [4.78, 5) is 9.40. The smallest absolute Gasteiger partial charge is 0.129 e. The highest BCUT2D eigenvalue weighted by Crippen LogP contribution is 2.21. The summed E-state index contributed by atoms with van der Waals surface area (Å²) in [6.45, 7) is 14.2. The quantitative estimate of drug-likeness (QED) is 0.887. The molecule has 1 aromatic rings. The summed E-state index contributed by atoms with van der Waals surface area (Å²) < 4.78 is 0. The zero-order valence-corrected chi connectivity index (χ0v) is 13.6. The molecule has 0 saturated heterocycles. The van der Waals surface area contributed by atoms with Crippen molar-refractivity contribution < 1.29 is 0 Å². The van der Waals surface area contributed by atoms with Gasteiger partial charge in [0.25, 0.3) is 0 Å². The minimum atomic E-state index is 0.236. The van der Waals surface area contributed by atoms with Gasteiger partial charge in [0.05, 0.1) is 0 Å². The van der Waals surface area contributed by atoms with E-state index in [9.17, 15) is 0 Å². The molecule has 0 aromatic carbocycles. The van der Waals surface area contributed by atoms with Gasteiger partial charge >= 0.3 is 0 Å². The van der Waals surface area contributed by atoms with Gasteiger partial charge in [-0.2, -0.15) is 0 Å². The predicted octanol–water partition coefficient (Wildman–Crippen LogP) is 3.08. The van der Waals surface area contributed by atoms with E-state index in [4.69, 9.17) is 9.97 Å². The van der Waals surface area contributed by atoms with Crippen LogP contribution in [0.3, 0.4) is 0 Å². The van der Waals surface area contributed by atoms with E-state index in [1.807, 2.05) is 7.05 Å².